The molecule has 0 unspecified atom stereocenters. The molecule has 1 aromatic heterocycles. The van der Waals surface area contributed by atoms with E-state index in [9.17, 15) is 31.1 Å². The SMILES string of the molecule is CC(C)N(C(=O)c1cc(C(F)(F)F)cc(C(F)(F)F)c1)c1cnccc1-c1ccccc1Cl. The van der Waals surface area contributed by atoms with Crippen molar-refractivity contribution in [3.63, 3.8) is 0 Å². The maximum absolute atomic E-state index is 13.3. The van der Waals surface area contributed by atoms with E-state index < -0.39 is 41.0 Å². The number of benzene rings is 2. The van der Waals surface area contributed by atoms with E-state index in [4.69, 9.17) is 11.6 Å². The first-order valence-electron chi connectivity index (χ1n) is 9.62. The van der Waals surface area contributed by atoms with Crippen molar-refractivity contribution in [1.82, 2.24) is 4.98 Å². The van der Waals surface area contributed by atoms with E-state index in [0.717, 1.165) is 4.90 Å². The quantitative estimate of drug-likeness (QED) is 0.358. The third-order valence-corrected chi connectivity index (χ3v) is 5.12. The van der Waals surface area contributed by atoms with Gasteiger partial charge in [0.2, 0.25) is 0 Å². The van der Waals surface area contributed by atoms with Crippen molar-refractivity contribution in [2.75, 3.05) is 4.90 Å². The lowest BCUT2D eigenvalue weighted by atomic mass is 10.0. The first-order chi connectivity index (χ1) is 15.3. The van der Waals surface area contributed by atoms with Gasteiger partial charge in [0.15, 0.2) is 0 Å². The summed E-state index contributed by atoms with van der Waals surface area (Å²) in [6.45, 7) is 3.17. The molecule has 10 heteroatoms. The van der Waals surface area contributed by atoms with E-state index in [1.807, 2.05) is 0 Å². The zero-order chi connectivity index (χ0) is 24.6. The van der Waals surface area contributed by atoms with Gasteiger partial charge in [-0.25, -0.2) is 0 Å². The van der Waals surface area contributed by atoms with Crippen LogP contribution in [0.3, 0.4) is 0 Å². The Balaban J connectivity index is 2.20. The zero-order valence-electron chi connectivity index (χ0n) is 17.3. The molecule has 0 fully saturated rings. The molecule has 0 bridgehead atoms. The Morgan fingerprint density at radius 2 is 1.48 bits per heavy atom. The molecule has 3 aromatic rings. The molecule has 1 heterocycles. The molecule has 0 radical (unpaired) electrons. The molecule has 1 amide bonds. The van der Waals surface area contributed by atoms with Crippen LogP contribution >= 0.6 is 11.6 Å². The van der Waals surface area contributed by atoms with E-state index >= 15 is 0 Å². The fourth-order valence-corrected chi connectivity index (χ4v) is 3.56. The normalized spacial score (nSPS) is 12.2. The van der Waals surface area contributed by atoms with Crippen LogP contribution in [0.25, 0.3) is 11.1 Å². The van der Waals surface area contributed by atoms with Gasteiger partial charge in [-0.3, -0.25) is 9.78 Å². The van der Waals surface area contributed by atoms with Gasteiger partial charge in [-0.15, -0.1) is 0 Å². The van der Waals surface area contributed by atoms with Gasteiger partial charge in [-0.05, 0) is 44.2 Å². The lowest BCUT2D eigenvalue weighted by Gasteiger charge is -2.29. The van der Waals surface area contributed by atoms with Crippen molar-refractivity contribution in [2.24, 2.45) is 0 Å². The van der Waals surface area contributed by atoms with E-state index in [1.54, 1.807) is 44.2 Å². The summed E-state index contributed by atoms with van der Waals surface area (Å²) in [5.41, 5.74) is -2.73. The molecule has 33 heavy (non-hydrogen) atoms. The van der Waals surface area contributed by atoms with Gasteiger partial charge < -0.3 is 4.90 Å². The van der Waals surface area contributed by atoms with Crippen LogP contribution in [0.1, 0.15) is 35.3 Å². The van der Waals surface area contributed by atoms with Crippen LogP contribution in [0.15, 0.2) is 60.9 Å². The van der Waals surface area contributed by atoms with Crippen molar-refractivity contribution >= 4 is 23.2 Å². The molecule has 3 nitrogen and oxygen atoms in total. The number of carbonyl (C=O) groups is 1. The van der Waals surface area contributed by atoms with E-state index in [1.165, 1.54) is 12.4 Å². The second-order valence-electron chi connectivity index (χ2n) is 7.44. The molecular weight excluding hydrogens is 470 g/mol. The molecule has 0 atom stereocenters. The summed E-state index contributed by atoms with van der Waals surface area (Å²) in [6.07, 6.45) is -7.39. The summed E-state index contributed by atoms with van der Waals surface area (Å²) in [5.74, 6) is -1.04. The molecule has 0 spiro atoms. The van der Waals surface area contributed by atoms with Crippen LogP contribution in [0.2, 0.25) is 5.02 Å². The second kappa shape index (κ2) is 9.05. The molecular formula is C23H17ClF6N2O. The molecule has 174 valence electrons. The van der Waals surface area contributed by atoms with Gasteiger partial charge in [-0.1, -0.05) is 29.8 Å². The zero-order valence-corrected chi connectivity index (χ0v) is 18.1. The molecule has 2 aromatic carbocycles. The molecule has 0 saturated heterocycles. The van der Waals surface area contributed by atoms with Crippen LogP contribution < -0.4 is 4.90 Å². The number of nitrogens with zero attached hydrogens (tertiary/aromatic N) is 2. The van der Waals surface area contributed by atoms with Gasteiger partial charge in [0.05, 0.1) is 23.0 Å². The Morgan fingerprint density at radius 1 is 0.909 bits per heavy atom. The second-order valence-corrected chi connectivity index (χ2v) is 7.84. The molecule has 0 saturated carbocycles. The number of hydrogen-bond acceptors (Lipinski definition) is 2. The lowest BCUT2D eigenvalue weighted by Crippen LogP contribution is -2.37. The van der Waals surface area contributed by atoms with Crippen molar-refractivity contribution in [3.8, 4) is 11.1 Å². The van der Waals surface area contributed by atoms with Crippen LogP contribution in [0, 0.1) is 0 Å². The summed E-state index contributed by atoms with van der Waals surface area (Å²) in [5, 5.41) is 0.347. The predicted molar refractivity (Wildman–Crippen MR) is 113 cm³/mol. The summed E-state index contributed by atoms with van der Waals surface area (Å²) in [6, 6.07) is 8.43. The number of pyridine rings is 1. The number of amides is 1. The number of alkyl halides is 6. The monoisotopic (exact) mass is 486 g/mol. The number of anilines is 1. The molecule has 0 aliphatic heterocycles. The van der Waals surface area contributed by atoms with E-state index in [2.05, 4.69) is 4.98 Å². The molecule has 3 rings (SSSR count). The Morgan fingerprint density at radius 3 is 2.00 bits per heavy atom. The average molecular weight is 487 g/mol. The molecule has 0 aliphatic rings. The Labute approximate surface area is 190 Å². The first-order valence-corrected chi connectivity index (χ1v) is 10.0. The highest BCUT2D eigenvalue weighted by atomic mass is 35.5. The van der Waals surface area contributed by atoms with Crippen LogP contribution in [0.5, 0.6) is 0 Å². The van der Waals surface area contributed by atoms with E-state index in [0.29, 0.717) is 28.3 Å². The van der Waals surface area contributed by atoms with Gasteiger partial charge in [0.1, 0.15) is 0 Å². The number of hydrogen-bond donors (Lipinski definition) is 0. The summed E-state index contributed by atoms with van der Waals surface area (Å²) in [7, 11) is 0. The number of aromatic nitrogens is 1. The molecule has 0 aliphatic carbocycles. The standard InChI is InChI=1S/C23H17ClF6N2O/c1-13(2)32(20-12-31-8-7-18(20)17-5-3-4-6-19(17)24)21(33)14-9-15(22(25,26)27)11-16(10-14)23(28,29)30/h3-13H,1-2H3. The number of rotatable bonds is 4. The maximum Gasteiger partial charge on any atom is 0.416 e. The fourth-order valence-electron chi connectivity index (χ4n) is 3.33. The highest BCUT2D eigenvalue weighted by Crippen LogP contribution is 2.39. The van der Waals surface area contributed by atoms with E-state index in [-0.39, 0.29) is 11.8 Å². The van der Waals surface area contributed by atoms with Gasteiger partial charge >= 0.3 is 12.4 Å². The number of halogens is 7. The fraction of sp³-hybridized carbons (Fsp3) is 0.217. The minimum Gasteiger partial charge on any atom is -0.304 e. The predicted octanol–water partition coefficient (Wildman–Crippen LogP) is 7.49. The topological polar surface area (TPSA) is 33.2 Å². The van der Waals surface area contributed by atoms with Crippen molar-refractivity contribution < 1.29 is 31.1 Å². The number of carbonyl (C=O) groups excluding carboxylic acids is 1. The van der Waals surface area contributed by atoms with Crippen molar-refractivity contribution in [3.05, 3.63) is 82.6 Å². The van der Waals surface area contributed by atoms with Crippen LogP contribution in [-0.4, -0.2) is 16.9 Å². The third-order valence-electron chi connectivity index (χ3n) is 4.79. The lowest BCUT2D eigenvalue weighted by molar-refractivity contribution is -0.143. The Hall–Kier alpha value is -3.07. The van der Waals surface area contributed by atoms with Gasteiger partial charge in [0, 0.05) is 34.0 Å². The summed E-state index contributed by atoms with van der Waals surface area (Å²) in [4.78, 5) is 18.4. The Bertz CT molecular complexity index is 1140. The Kier molecular flexibility index (Phi) is 6.74. The highest BCUT2D eigenvalue weighted by molar-refractivity contribution is 6.33. The first kappa shape index (κ1) is 24.6. The summed E-state index contributed by atoms with van der Waals surface area (Å²) >= 11 is 6.28. The van der Waals surface area contributed by atoms with Gasteiger partial charge in [0.25, 0.3) is 5.91 Å². The minimum atomic E-state index is -5.07. The van der Waals surface area contributed by atoms with Crippen LogP contribution in [-0.2, 0) is 12.4 Å². The minimum absolute atomic E-state index is 0.0181. The average Bonchev–Trinajstić information content (AvgIpc) is 2.73. The van der Waals surface area contributed by atoms with Crippen molar-refractivity contribution in [2.45, 2.75) is 32.2 Å². The largest absolute Gasteiger partial charge is 0.416 e. The maximum atomic E-state index is 13.3. The highest BCUT2D eigenvalue weighted by Gasteiger charge is 2.38. The third kappa shape index (κ3) is 5.30. The van der Waals surface area contributed by atoms with Crippen LogP contribution in [0.4, 0.5) is 32.0 Å². The summed E-state index contributed by atoms with van der Waals surface area (Å²) < 4.78 is 79.8. The smallest absolute Gasteiger partial charge is 0.304 e. The van der Waals surface area contributed by atoms with Crippen molar-refractivity contribution in [1.29, 1.82) is 0 Å². The molecule has 0 N–H and O–H groups in total. The van der Waals surface area contributed by atoms with Gasteiger partial charge in [-0.2, -0.15) is 26.3 Å².